The second-order valence-corrected chi connectivity index (χ2v) is 10.0. The fourth-order valence-corrected chi connectivity index (χ4v) is 4.60. The van der Waals surface area contributed by atoms with Crippen LogP contribution in [0.4, 0.5) is 0 Å². The minimum atomic E-state index is -1.33. The summed E-state index contributed by atoms with van der Waals surface area (Å²) < 4.78 is 11.1. The zero-order valence-corrected chi connectivity index (χ0v) is 23.1. The van der Waals surface area contributed by atoms with Crippen LogP contribution in [-0.2, 0) is 16.8 Å². The Morgan fingerprint density at radius 3 is 1.85 bits per heavy atom. The zero-order chi connectivity index (χ0) is 29.1. The summed E-state index contributed by atoms with van der Waals surface area (Å²) in [6.07, 6.45) is -0.0598. The molecular formula is C28H27Cl2NO8. The fourth-order valence-electron chi connectivity index (χ4n) is 3.94. The lowest BCUT2D eigenvalue weighted by Gasteiger charge is -2.22. The minimum Gasteiger partial charge on any atom is -0.496 e. The standard InChI is InChI=1S/C28H27Cl2NO8/c1-28(2,37)17-12-21(38-3)23(22(13-17)39-4)15-7-5-14(6-8-15)9-20(27(35)36)31-25(32)24-18(29)10-16(26(33)34)11-19(24)30/h5-8,10-13,20,37H,9H2,1-4H3,(H,31,32)(H,33,34)(H,35,36)/t20-/m0/s1. The molecule has 0 spiro atoms. The SMILES string of the molecule is COc1cc(C(C)(C)O)cc(OC)c1-c1ccc(C[C@H](NC(=O)c2c(Cl)cc(C(=O)O)cc2Cl)C(=O)O)cc1. The lowest BCUT2D eigenvalue weighted by atomic mass is 9.93. The molecule has 39 heavy (non-hydrogen) atoms. The Morgan fingerprint density at radius 2 is 1.44 bits per heavy atom. The van der Waals surface area contributed by atoms with E-state index < -0.39 is 29.5 Å². The van der Waals surface area contributed by atoms with Gasteiger partial charge in [-0.25, -0.2) is 9.59 Å². The first-order chi connectivity index (χ1) is 18.3. The van der Waals surface area contributed by atoms with Crippen LogP contribution in [0, 0.1) is 0 Å². The van der Waals surface area contributed by atoms with E-state index in [0.29, 0.717) is 28.2 Å². The Balaban J connectivity index is 1.87. The summed E-state index contributed by atoms with van der Waals surface area (Å²) in [6.45, 7) is 3.31. The Morgan fingerprint density at radius 1 is 0.923 bits per heavy atom. The number of aliphatic hydroxyl groups is 1. The number of methoxy groups -OCH3 is 2. The molecule has 0 aromatic heterocycles. The van der Waals surface area contributed by atoms with E-state index >= 15 is 0 Å². The van der Waals surface area contributed by atoms with Crippen molar-refractivity contribution in [3.63, 3.8) is 0 Å². The highest BCUT2D eigenvalue weighted by molar-refractivity contribution is 6.40. The molecule has 3 aromatic carbocycles. The van der Waals surface area contributed by atoms with Crippen molar-refractivity contribution < 1.29 is 39.2 Å². The molecule has 0 aliphatic rings. The Hall–Kier alpha value is -3.79. The monoisotopic (exact) mass is 575 g/mol. The van der Waals surface area contributed by atoms with Crippen molar-refractivity contribution in [2.75, 3.05) is 14.2 Å². The van der Waals surface area contributed by atoms with Crippen molar-refractivity contribution in [1.82, 2.24) is 5.32 Å². The molecule has 0 bridgehead atoms. The number of carbonyl (C=O) groups excluding carboxylic acids is 1. The molecule has 0 aliphatic carbocycles. The Kier molecular flexibility index (Phi) is 9.11. The molecule has 0 aliphatic heterocycles. The number of benzene rings is 3. The summed E-state index contributed by atoms with van der Waals surface area (Å²) in [5.74, 6) is -2.45. The van der Waals surface area contributed by atoms with Crippen LogP contribution in [0.25, 0.3) is 11.1 Å². The Bertz CT molecular complexity index is 1370. The van der Waals surface area contributed by atoms with Gasteiger partial charge in [-0.1, -0.05) is 47.5 Å². The van der Waals surface area contributed by atoms with Crippen LogP contribution in [0.2, 0.25) is 10.0 Å². The molecule has 0 radical (unpaired) electrons. The van der Waals surface area contributed by atoms with Crippen molar-refractivity contribution >= 4 is 41.0 Å². The van der Waals surface area contributed by atoms with Crippen molar-refractivity contribution in [2.24, 2.45) is 0 Å². The third-order valence-corrected chi connectivity index (χ3v) is 6.61. The summed E-state index contributed by atoms with van der Waals surface area (Å²) in [6, 6.07) is 11.2. The maximum absolute atomic E-state index is 12.8. The molecule has 0 fully saturated rings. The summed E-state index contributed by atoms with van der Waals surface area (Å²) >= 11 is 12.1. The van der Waals surface area contributed by atoms with E-state index in [0.717, 1.165) is 17.7 Å². The van der Waals surface area contributed by atoms with Gasteiger partial charge in [-0.3, -0.25) is 4.79 Å². The van der Waals surface area contributed by atoms with Crippen LogP contribution in [0.3, 0.4) is 0 Å². The van der Waals surface area contributed by atoms with Crippen molar-refractivity contribution in [3.05, 3.63) is 80.8 Å². The van der Waals surface area contributed by atoms with Crippen LogP contribution in [0.5, 0.6) is 11.5 Å². The number of amides is 1. The normalized spacial score (nSPS) is 12.0. The van der Waals surface area contributed by atoms with E-state index in [1.54, 1.807) is 50.2 Å². The van der Waals surface area contributed by atoms with Gasteiger partial charge < -0.3 is 30.1 Å². The van der Waals surface area contributed by atoms with E-state index in [1.807, 2.05) is 0 Å². The van der Waals surface area contributed by atoms with Gasteiger partial charge in [0.25, 0.3) is 5.91 Å². The van der Waals surface area contributed by atoms with Gasteiger partial charge in [0.15, 0.2) is 0 Å². The van der Waals surface area contributed by atoms with E-state index in [-0.39, 0.29) is 27.6 Å². The molecule has 3 aromatic rings. The number of hydrogen-bond donors (Lipinski definition) is 4. The van der Waals surface area contributed by atoms with E-state index in [4.69, 9.17) is 37.8 Å². The smallest absolute Gasteiger partial charge is 0.335 e. The summed E-state index contributed by atoms with van der Waals surface area (Å²) in [5, 5.41) is 31.2. The molecule has 0 unspecified atom stereocenters. The second-order valence-electron chi connectivity index (χ2n) is 9.20. The summed E-state index contributed by atoms with van der Waals surface area (Å²) in [4.78, 5) is 35.9. The van der Waals surface area contributed by atoms with Gasteiger partial charge in [0.2, 0.25) is 0 Å². The number of carboxylic acids is 2. The number of rotatable bonds is 10. The maximum atomic E-state index is 12.8. The molecule has 3 rings (SSSR count). The third kappa shape index (κ3) is 6.81. The van der Waals surface area contributed by atoms with E-state index in [9.17, 15) is 24.6 Å². The van der Waals surface area contributed by atoms with Gasteiger partial charge in [0, 0.05) is 6.42 Å². The number of aromatic carboxylic acids is 1. The summed E-state index contributed by atoms with van der Waals surface area (Å²) in [5.41, 5.74) is 1.04. The topological polar surface area (TPSA) is 142 Å². The number of nitrogens with one attached hydrogen (secondary N) is 1. The molecule has 0 heterocycles. The first-order valence-corrected chi connectivity index (χ1v) is 12.4. The van der Waals surface area contributed by atoms with Crippen molar-refractivity contribution in [2.45, 2.75) is 31.9 Å². The van der Waals surface area contributed by atoms with Crippen molar-refractivity contribution in [1.29, 1.82) is 0 Å². The first kappa shape index (κ1) is 29.8. The van der Waals surface area contributed by atoms with Crippen LogP contribution in [0.1, 0.15) is 45.7 Å². The molecular weight excluding hydrogens is 549 g/mol. The minimum absolute atomic E-state index is 0.0598. The first-order valence-electron chi connectivity index (χ1n) is 11.6. The third-order valence-electron chi connectivity index (χ3n) is 6.01. The molecule has 4 N–H and O–H groups in total. The van der Waals surface area contributed by atoms with Gasteiger partial charge in [-0.15, -0.1) is 0 Å². The van der Waals surface area contributed by atoms with Crippen LogP contribution in [0.15, 0.2) is 48.5 Å². The molecule has 0 saturated carbocycles. The van der Waals surface area contributed by atoms with E-state index in [1.165, 1.54) is 14.2 Å². The number of carbonyl (C=O) groups is 3. The number of ether oxygens (including phenoxy) is 2. The molecule has 9 nitrogen and oxygen atoms in total. The molecule has 1 atom stereocenters. The lowest BCUT2D eigenvalue weighted by molar-refractivity contribution is -0.139. The van der Waals surface area contributed by atoms with Gasteiger partial charge in [0.05, 0.1) is 46.6 Å². The molecule has 0 saturated heterocycles. The Labute approximate surface area is 234 Å². The highest BCUT2D eigenvalue weighted by Crippen LogP contribution is 2.41. The number of hydrogen-bond acceptors (Lipinski definition) is 6. The highest BCUT2D eigenvalue weighted by Gasteiger charge is 2.26. The van der Waals surface area contributed by atoms with Gasteiger partial charge in [-0.05, 0) is 54.8 Å². The quantitative estimate of drug-likeness (QED) is 0.263. The number of aliphatic carboxylic acids is 1. The van der Waals surface area contributed by atoms with E-state index in [2.05, 4.69) is 5.32 Å². The number of halogens is 2. The largest absolute Gasteiger partial charge is 0.496 e. The van der Waals surface area contributed by atoms with Crippen molar-refractivity contribution in [3.8, 4) is 22.6 Å². The predicted molar refractivity (Wildman–Crippen MR) is 146 cm³/mol. The average Bonchev–Trinajstić information content (AvgIpc) is 2.86. The zero-order valence-electron chi connectivity index (χ0n) is 21.5. The number of carboxylic acid groups (broad SMARTS) is 2. The van der Waals surface area contributed by atoms with Gasteiger partial charge >= 0.3 is 11.9 Å². The lowest BCUT2D eigenvalue weighted by Crippen LogP contribution is -2.42. The van der Waals surface area contributed by atoms with Crippen LogP contribution in [-0.4, -0.2) is 53.4 Å². The van der Waals surface area contributed by atoms with Crippen LogP contribution >= 0.6 is 23.2 Å². The maximum Gasteiger partial charge on any atom is 0.335 e. The van der Waals surface area contributed by atoms with Gasteiger partial charge in [0.1, 0.15) is 17.5 Å². The molecule has 11 heteroatoms. The second kappa shape index (κ2) is 11.9. The summed E-state index contributed by atoms with van der Waals surface area (Å²) in [7, 11) is 3.02. The van der Waals surface area contributed by atoms with Crippen LogP contribution < -0.4 is 14.8 Å². The highest BCUT2D eigenvalue weighted by atomic mass is 35.5. The fraction of sp³-hybridized carbons (Fsp3) is 0.250. The van der Waals surface area contributed by atoms with Gasteiger partial charge in [-0.2, -0.15) is 0 Å². The predicted octanol–water partition coefficient (Wildman–Crippen LogP) is 5.03. The average molecular weight is 576 g/mol. The molecule has 1 amide bonds. The molecule has 206 valence electrons.